The molecule has 5 heteroatoms. The van der Waals surface area contributed by atoms with Gasteiger partial charge in [0, 0.05) is 0 Å². The monoisotopic (exact) mass is 306 g/mol. The molecule has 0 aliphatic heterocycles. The molecule has 2 aromatic rings. The van der Waals surface area contributed by atoms with Gasteiger partial charge in [0.05, 0.1) is 7.11 Å². The lowest BCUT2D eigenvalue weighted by molar-refractivity contribution is 0.414. The van der Waals surface area contributed by atoms with Gasteiger partial charge in [-0.15, -0.1) is 0 Å². The van der Waals surface area contributed by atoms with Gasteiger partial charge in [-0.2, -0.15) is 8.42 Å². The standard InChI is InChI=1S/C16H18O4S/c1-12(2)15-6-4-5-7-16(15)20-21(17,18)14-10-8-13(19-3)9-11-14/h4-12H,1-3H3. The smallest absolute Gasteiger partial charge is 0.339 e. The molecule has 0 radical (unpaired) electrons. The summed E-state index contributed by atoms with van der Waals surface area (Å²) in [5.74, 6) is 1.13. The first-order valence-electron chi connectivity index (χ1n) is 6.61. The molecule has 21 heavy (non-hydrogen) atoms. The minimum atomic E-state index is -3.85. The highest BCUT2D eigenvalue weighted by Gasteiger charge is 2.19. The molecule has 0 aliphatic rings. The predicted molar refractivity (Wildman–Crippen MR) is 81.3 cm³/mol. The maximum atomic E-state index is 12.3. The average molecular weight is 306 g/mol. The van der Waals surface area contributed by atoms with E-state index in [0.717, 1.165) is 5.56 Å². The van der Waals surface area contributed by atoms with Crippen LogP contribution in [0.25, 0.3) is 0 Å². The fraction of sp³-hybridized carbons (Fsp3) is 0.250. The van der Waals surface area contributed by atoms with E-state index in [1.807, 2.05) is 26.0 Å². The van der Waals surface area contributed by atoms with Gasteiger partial charge in [0.25, 0.3) is 0 Å². The molecule has 2 rings (SSSR count). The Hall–Kier alpha value is -2.01. The van der Waals surface area contributed by atoms with Crippen molar-refractivity contribution in [2.24, 2.45) is 0 Å². The number of ether oxygens (including phenoxy) is 1. The SMILES string of the molecule is COc1ccc(S(=O)(=O)Oc2ccccc2C(C)C)cc1. The average Bonchev–Trinajstić information content (AvgIpc) is 2.47. The Morgan fingerprint density at radius 2 is 1.57 bits per heavy atom. The van der Waals surface area contributed by atoms with Crippen molar-refractivity contribution in [2.45, 2.75) is 24.7 Å². The second-order valence-corrected chi connectivity index (χ2v) is 6.45. The summed E-state index contributed by atoms with van der Waals surface area (Å²) < 4.78 is 34.9. The third kappa shape index (κ3) is 3.55. The first-order valence-corrected chi connectivity index (χ1v) is 8.02. The third-order valence-corrected chi connectivity index (χ3v) is 4.34. The van der Waals surface area contributed by atoms with Crippen LogP contribution in [-0.2, 0) is 10.1 Å². The summed E-state index contributed by atoms with van der Waals surface area (Å²) in [5, 5.41) is 0. The fourth-order valence-corrected chi connectivity index (χ4v) is 2.90. The summed E-state index contributed by atoms with van der Waals surface area (Å²) in [6, 6.07) is 13.3. The largest absolute Gasteiger partial charge is 0.497 e. The van der Waals surface area contributed by atoms with E-state index >= 15 is 0 Å². The van der Waals surface area contributed by atoms with Crippen LogP contribution in [0.3, 0.4) is 0 Å². The molecule has 0 aliphatic carbocycles. The van der Waals surface area contributed by atoms with Crippen LogP contribution in [-0.4, -0.2) is 15.5 Å². The van der Waals surface area contributed by atoms with E-state index in [2.05, 4.69) is 0 Å². The van der Waals surface area contributed by atoms with E-state index in [1.54, 1.807) is 24.3 Å². The van der Waals surface area contributed by atoms with E-state index in [9.17, 15) is 8.42 Å². The molecule has 0 heterocycles. The van der Waals surface area contributed by atoms with E-state index in [4.69, 9.17) is 8.92 Å². The lowest BCUT2D eigenvalue weighted by Gasteiger charge is -2.13. The van der Waals surface area contributed by atoms with Gasteiger partial charge in [-0.25, -0.2) is 0 Å². The lowest BCUT2D eigenvalue weighted by Crippen LogP contribution is -2.11. The molecule has 0 atom stereocenters. The van der Waals surface area contributed by atoms with Crippen LogP contribution < -0.4 is 8.92 Å². The first kappa shape index (κ1) is 15.4. The van der Waals surface area contributed by atoms with Gasteiger partial charge < -0.3 is 8.92 Å². The Bertz CT molecular complexity index is 703. The van der Waals surface area contributed by atoms with Gasteiger partial charge in [-0.05, 0) is 41.8 Å². The van der Waals surface area contributed by atoms with E-state index in [1.165, 1.54) is 19.2 Å². The Labute approximate surface area is 125 Å². The van der Waals surface area contributed by atoms with Gasteiger partial charge in [-0.1, -0.05) is 32.0 Å². The molecule has 0 saturated heterocycles. The molecule has 0 amide bonds. The van der Waals surface area contributed by atoms with Crippen LogP contribution >= 0.6 is 0 Å². The fourth-order valence-electron chi connectivity index (χ4n) is 1.94. The number of rotatable bonds is 5. The highest BCUT2D eigenvalue weighted by Crippen LogP contribution is 2.29. The summed E-state index contributed by atoms with van der Waals surface area (Å²) in [4.78, 5) is 0.0989. The summed E-state index contributed by atoms with van der Waals surface area (Å²) in [5.41, 5.74) is 0.856. The van der Waals surface area contributed by atoms with Crippen molar-refractivity contribution in [1.29, 1.82) is 0 Å². The molecule has 0 spiro atoms. The number of para-hydroxylation sites is 1. The Morgan fingerprint density at radius 1 is 0.952 bits per heavy atom. The number of methoxy groups -OCH3 is 1. The highest BCUT2D eigenvalue weighted by molar-refractivity contribution is 7.87. The van der Waals surface area contributed by atoms with Gasteiger partial charge in [-0.3, -0.25) is 0 Å². The van der Waals surface area contributed by atoms with Crippen LogP contribution in [0.4, 0.5) is 0 Å². The lowest BCUT2D eigenvalue weighted by atomic mass is 10.0. The van der Waals surface area contributed by atoms with Crippen molar-refractivity contribution in [3.05, 3.63) is 54.1 Å². The molecule has 0 unspecified atom stereocenters. The molecule has 0 N–H and O–H groups in total. The van der Waals surface area contributed by atoms with Crippen molar-refractivity contribution < 1.29 is 17.3 Å². The predicted octanol–water partition coefficient (Wildman–Crippen LogP) is 3.59. The van der Waals surface area contributed by atoms with Gasteiger partial charge in [0.2, 0.25) is 0 Å². The van der Waals surface area contributed by atoms with Gasteiger partial charge in [0.15, 0.2) is 0 Å². The Kier molecular flexibility index (Phi) is 4.53. The number of hydrogen-bond donors (Lipinski definition) is 0. The Balaban J connectivity index is 2.33. The molecule has 4 nitrogen and oxygen atoms in total. The van der Waals surface area contributed by atoms with Crippen molar-refractivity contribution in [1.82, 2.24) is 0 Å². The summed E-state index contributed by atoms with van der Waals surface area (Å²) >= 11 is 0. The van der Waals surface area contributed by atoms with Gasteiger partial charge >= 0.3 is 10.1 Å². The zero-order valence-corrected chi connectivity index (χ0v) is 13.1. The number of benzene rings is 2. The van der Waals surface area contributed by atoms with E-state index in [0.29, 0.717) is 11.5 Å². The zero-order chi connectivity index (χ0) is 15.5. The van der Waals surface area contributed by atoms with Crippen LogP contribution in [0.1, 0.15) is 25.3 Å². The molecule has 0 aromatic heterocycles. The molecular formula is C16H18O4S. The highest BCUT2D eigenvalue weighted by atomic mass is 32.2. The van der Waals surface area contributed by atoms with Crippen molar-refractivity contribution in [3.8, 4) is 11.5 Å². The first-order chi connectivity index (χ1) is 9.94. The topological polar surface area (TPSA) is 52.6 Å². The van der Waals surface area contributed by atoms with Crippen molar-refractivity contribution in [3.63, 3.8) is 0 Å². The second-order valence-electron chi connectivity index (χ2n) is 4.91. The molecule has 2 aromatic carbocycles. The normalized spacial score (nSPS) is 11.4. The quantitative estimate of drug-likeness (QED) is 0.792. The van der Waals surface area contributed by atoms with Gasteiger partial charge in [0.1, 0.15) is 16.4 Å². The minimum Gasteiger partial charge on any atom is -0.497 e. The summed E-state index contributed by atoms with van der Waals surface area (Å²) in [7, 11) is -2.32. The third-order valence-electron chi connectivity index (χ3n) is 3.09. The van der Waals surface area contributed by atoms with E-state index < -0.39 is 10.1 Å². The molecule has 0 saturated carbocycles. The molecular weight excluding hydrogens is 288 g/mol. The zero-order valence-electron chi connectivity index (χ0n) is 12.2. The van der Waals surface area contributed by atoms with Crippen molar-refractivity contribution >= 4 is 10.1 Å². The molecule has 0 fully saturated rings. The summed E-state index contributed by atoms with van der Waals surface area (Å²) in [6.07, 6.45) is 0. The van der Waals surface area contributed by atoms with E-state index in [-0.39, 0.29) is 10.8 Å². The van der Waals surface area contributed by atoms with Crippen LogP contribution in [0.2, 0.25) is 0 Å². The molecule has 0 bridgehead atoms. The van der Waals surface area contributed by atoms with Crippen LogP contribution in [0, 0.1) is 0 Å². The maximum absolute atomic E-state index is 12.3. The molecule has 112 valence electrons. The van der Waals surface area contributed by atoms with Crippen LogP contribution in [0.15, 0.2) is 53.4 Å². The summed E-state index contributed by atoms with van der Waals surface area (Å²) in [6.45, 7) is 3.98. The Morgan fingerprint density at radius 3 is 2.14 bits per heavy atom. The second kappa shape index (κ2) is 6.18. The minimum absolute atomic E-state index is 0.0989. The van der Waals surface area contributed by atoms with Crippen LogP contribution in [0.5, 0.6) is 11.5 Å². The number of hydrogen-bond acceptors (Lipinski definition) is 4. The maximum Gasteiger partial charge on any atom is 0.339 e. The van der Waals surface area contributed by atoms with Crippen molar-refractivity contribution in [2.75, 3.05) is 7.11 Å².